The van der Waals surface area contributed by atoms with Crippen molar-refractivity contribution in [3.63, 3.8) is 0 Å². The molecule has 4 unspecified atom stereocenters. The molecule has 2 fully saturated rings. The number of nitrogens with two attached hydrogens (primary N) is 1. The molecule has 0 saturated carbocycles. The molecule has 0 bridgehead atoms. The van der Waals surface area contributed by atoms with Crippen LogP contribution in [0.1, 0.15) is 31.5 Å². The molecule has 2 aliphatic rings. The van der Waals surface area contributed by atoms with Crippen LogP contribution in [0, 0.1) is 11.8 Å². The molecular formula is C14H23N3O2. The molecule has 19 heavy (non-hydrogen) atoms. The smallest absolute Gasteiger partial charge is 0.0948 e. The summed E-state index contributed by atoms with van der Waals surface area (Å²) >= 11 is 0. The molecular weight excluding hydrogens is 242 g/mol. The molecule has 2 N–H and O–H groups in total. The molecule has 106 valence electrons. The van der Waals surface area contributed by atoms with Gasteiger partial charge in [-0.25, -0.2) is 4.98 Å². The van der Waals surface area contributed by atoms with Crippen molar-refractivity contribution in [2.24, 2.45) is 17.6 Å². The lowest BCUT2D eigenvalue weighted by atomic mass is 9.96. The third-order valence-electron chi connectivity index (χ3n) is 4.52. The van der Waals surface area contributed by atoms with Crippen molar-refractivity contribution in [2.75, 3.05) is 19.8 Å². The Morgan fingerprint density at radius 1 is 1.47 bits per heavy atom. The average Bonchev–Trinajstić information content (AvgIpc) is 3.12. The van der Waals surface area contributed by atoms with Gasteiger partial charge in [-0.05, 0) is 19.8 Å². The summed E-state index contributed by atoms with van der Waals surface area (Å²) in [6, 6.07) is 0.0302. The second-order valence-electron chi connectivity index (χ2n) is 5.74. The van der Waals surface area contributed by atoms with E-state index in [1.807, 2.05) is 12.5 Å². The maximum absolute atomic E-state index is 6.38. The van der Waals surface area contributed by atoms with E-state index in [1.165, 1.54) is 0 Å². The zero-order valence-electron chi connectivity index (χ0n) is 11.5. The van der Waals surface area contributed by atoms with E-state index in [-0.39, 0.29) is 6.04 Å². The third kappa shape index (κ3) is 2.68. The molecule has 2 saturated heterocycles. The molecule has 0 aliphatic carbocycles. The van der Waals surface area contributed by atoms with Crippen molar-refractivity contribution >= 4 is 0 Å². The molecule has 1 aromatic rings. The monoisotopic (exact) mass is 265 g/mol. The lowest BCUT2D eigenvalue weighted by Crippen LogP contribution is -2.26. The van der Waals surface area contributed by atoms with Crippen molar-refractivity contribution in [1.29, 1.82) is 0 Å². The van der Waals surface area contributed by atoms with Crippen LogP contribution in [0.4, 0.5) is 0 Å². The average molecular weight is 265 g/mol. The van der Waals surface area contributed by atoms with Gasteiger partial charge < -0.3 is 19.8 Å². The summed E-state index contributed by atoms with van der Waals surface area (Å²) in [5.74, 6) is 0.993. The minimum Gasteiger partial charge on any atom is -0.381 e. The van der Waals surface area contributed by atoms with Crippen molar-refractivity contribution in [3.05, 3.63) is 18.2 Å². The minimum atomic E-state index is 0.0302. The van der Waals surface area contributed by atoms with E-state index < -0.39 is 0 Å². The van der Waals surface area contributed by atoms with Crippen molar-refractivity contribution < 1.29 is 9.47 Å². The Hall–Kier alpha value is -0.910. The Bertz CT molecular complexity index is 415. The van der Waals surface area contributed by atoms with E-state index in [2.05, 4.69) is 16.5 Å². The molecule has 5 nitrogen and oxygen atoms in total. The molecule has 1 aromatic heterocycles. The van der Waals surface area contributed by atoms with E-state index >= 15 is 0 Å². The maximum atomic E-state index is 6.38. The minimum absolute atomic E-state index is 0.0302. The first-order valence-corrected chi connectivity index (χ1v) is 7.20. The van der Waals surface area contributed by atoms with Gasteiger partial charge in [-0.3, -0.25) is 0 Å². The summed E-state index contributed by atoms with van der Waals surface area (Å²) in [5.41, 5.74) is 7.52. The van der Waals surface area contributed by atoms with Gasteiger partial charge in [0, 0.05) is 37.8 Å². The predicted octanol–water partition coefficient (Wildman–Crippen LogP) is 1.34. The van der Waals surface area contributed by atoms with Crippen LogP contribution in [0.25, 0.3) is 0 Å². The van der Waals surface area contributed by atoms with Gasteiger partial charge in [-0.2, -0.15) is 0 Å². The van der Waals surface area contributed by atoms with Crippen molar-refractivity contribution in [3.8, 4) is 0 Å². The number of nitrogens with zero attached hydrogens (tertiary/aromatic N) is 2. The van der Waals surface area contributed by atoms with E-state index in [4.69, 9.17) is 15.2 Å². The molecule has 2 aliphatic heterocycles. The molecule has 4 atom stereocenters. The van der Waals surface area contributed by atoms with Gasteiger partial charge in [-0.1, -0.05) is 0 Å². The van der Waals surface area contributed by atoms with Crippen LogP contribution in [0.5, 0.6) is 0 Å². The Kier molecular flexibility index (Phi) is 3.86. The molecule has 0 radical (unpaired) electrons. The molecule has 0 amide bonds. The van der Waals surface area contributed by atoms with E-state index in [1.54, 1.807) is 0 Å². The summed E-state index contributed by atoms with van der Waals surface area (Å²) in [4.78, 5) is 4.28. The largest absolute Gasteiger partial charge is 0.381 e. The van der Waals surface area contributed by atoms with Gasteiger partial charge in [0.1, 0.15) is 0 Å². The van der Waals surface area contributed by atoms with E-state index in [0.29, 0.717) is 17.9 Å². The summed E-state index contributed by atoms with van der Waals surface area (Å²) in [5, 5.41) is 0. The first-order valence-electron chi connectivity index (χ1n) is 7.20. The van der Waals surface area contributed by atoms with Gasteiger partial charge in [0.2, 0.25) is 0 Å². The van der Waals surface area contributed by atoms with Crippen LogP contribution in [0.2, 0.25) is 0 Å². The van der Waals surface area contributed by atoms with Gasteiger partial charge in [0.05, 0.1) is 30.8 Å². The SMILES string of the molecule is CC1OCCC1Cn1cncc1C(N)C1CCOC1. The topological polar surface area (TPSA) is 62.3 Å². The third-order valence-corrected chi connectivity index (χ3v) is 4.52. The molecule has 3 rings (SSSR count). The van der Waals surface area contributed by atoms with Crippen molar-refractivity contribution in [2.45, 2.75) is 38.5 Å². The zero-order chi connectivity index (χ0) is 13.2. The van der Waals surface area contributed by atoms with Gasteiger partial charge in [0.15, 0.2) is 0 Å². The number of ether oxygens (including phenoxy) is 2. The Balaban J connectivity index is 1.70. The maximum Gasteiger partial charge on any atom is 0.0948 e. The molecule has 0 spiro atoms. The highest BCUT2D eigenvalue weighted by atomic mass is 16.5. The lowest BCUT2D eigenvalue weighted by Gasteiger charge is -2.22. The van der Waals surface area contributed by atoms with Crippen LogP contribution < -0.4 is 5.73 Å². The second-order valence-corrected chi connectivity index (χ2v) is 5.74. The van der Waals surface area contributed by atoms with Crippen LogP contribution in [0.15, 0.2) is 12.5 Å². The van der Waals surface area contributed by atoms with Crippen LogP contribution in [-0.4, -0.2) is 35.5 Å². The number of imidazole rings is 1. The highest BCUT2D eigenvalue weighted by molar-refractivity contribution is 5.07. The summed E-state index contributed by atoms with van der Waals surface area (Å²) in [6.07, 6.45) is 6.32. The highest BCUT2D eigenvalue weighted by Crippen LogP contribution is 2.28. The molecule has 3 heterocycles. The summed E-state index contributed by atoms with van der Waals surface area (Å²) in [7, 11) is 0. The van der Waals surface area contributed by atoms with Crippen LogP contribution in [0.3, 0.4) is 0 Å². The van der Waals surface area contributed by atoms with Gasteiger partial charge in [-0.15, -0.1) is 0 Å². The Morgan fingerprint density at radius 2 is 2.37 bits per heavy atom. The fourth-order valence-corrected chi connectivity index (χ4v) is 3.11. The first-order chi connectivity index (χ1) is 9.25. The fourth-order valence-electron chi connectivity index (χ4n) is 3.11. The number of rotatable bonds is 4. The zero-order valence-corrected chi connectivity index (χ0v) is 11.5. The number of hydrogen-bond acceptors (Lipinski definition) is 4. The normalized spacial score (nSPS) is 32.8. The van der Waals surface area contributed by atoms with Crippen LogP contribution in [-0.2, 0) is 16.0 Å². The lowest BCUT2D eigenvalue weighted by molar-refractivity contribution is 0.101. The molecule has 0 aromatic carbocycles. The van der Waals surface area contributed by atoms with Crippen LogP contribution >= 0.6 is 0 Å². The van der Waals surface area contributed by atoms with E-state index in [9.17, 15) is 0 Å². The second kappa shape index (κ2) is 5.61. The number of hydrogen-bond donors (Lipinski definition) is 1. The number of aromatic nitrogens is 2. The standard InChI is InChI=1S/C14H23N3O2/c1-10-11(3-5-19-10)7-17-9-16-6-13(17)14(15)12-2-4-18-8-12/h6,9-12,14H,2-5,7-8,15H2,1H3. The van der Waals surface area contributed by atoms with Crippen molar-refractivity contribution in [1.82, 2.24) is 9.55 Å². The molecule has 5 heteroatoms. The Morgan fingerprint density at radius 3 is 3.05 bits per heavy atom. The highest BCUT2D eigenvalue weighted by Gasteiger charge is 2.29. The quantitative estimate of drug-likeness (QED) is 0.892. The van der Waals surface area contributed by atoms with Gasteiger partial charge >= 0.3 is 0 Å². The van der Waals surface area contributed by atoms with E-state index in [0.717, 1.165) is 44.9 Å². The Labute approximate surface area is 114 Å². The summed E-state index contributed by atoms with van der Waals surface area (Å²) in [6.45, 7) is 5.59. The fraction of sp³-hybridized carbons (Fsp3) is 0.786. The predicted molar refractivity (Wildman–Crippen MR) is 71.6 cm³/mol. The summed E-state index contributed by atoms with van der Waals surface area (Å²) < 4.78 is 13.3. The first kappa shape index (κ1) is 13.1. The van der Waals surface area contributed by atoms with Gasteiger partial charge in [0.25, 0.3) is 0 Å².